The standard InChI is InChI=1S/C20H40N2O4/c1-15(2)25-13-20(21(4)5)9-18(26-14-20)8-16(3)24-12-17-10-22(6)11-19(17)23-7/h15-19H,8-14H2,1-7H3. The number of likely N-dealkylation sites (N-methyl/N-ethyl adjacent to an activating group) is 2. The summed E-state index contributed by atoms with van der Waals surface area (Å²) in [5.74, 6) is 0.456. The summed E-state index contributed by atoms with van der Waals surface area (Å²) in [7, 11) is 8.18. The van der Waals surface area contributed by atoms with E-state index in [1.807, 2.05) is 0 Å². The Morgan fingerprint density at radius 1 is 1.19 bits per heavy atom. The molecule has 6 nitrogen and oxygen atoms in total. The monoisotopic (exact) mass is 372 g/mol. The molecule has 0 saturated carbocycles. The molecule has 0 aromatic rings. The predicted molar refractivity (Wildman–Crippen MR) is 104 cm³/mol. The number of hydrogen-bond acceptors (Lipinski definition) is 6. The average molecular weight is 373 g/mol. The molecule has 2 heterocycles. The van der Waals surface area contributed by atoms with Crippen molar-refractivity contribution in [1.29, 1.82) is 0 Å². The normalized spacial score (nSPS) is 34.3. The summed E-state index contributed by atoms with van der Waals surface area (Å²) in [6, 6.07) is 0. The highest BCUT2D eigenvalue weighted by molar-refractivity contribution is 4.96. The van der Waals surface area contributed by atoms with E-state index >= 15 is 0 Å². The zero-order valence-corrected chi connectivity index (χ0v) is 17.9. The van der Waals surface area contributed by atoms with Crippen LogP contribution in [0, 0.1) is 5.92 Å². The second kappa shape index (κ2) is 9.80. The maximum absolute atomic E-state index is 6.16. The summed E-state index contributed by atoms with van der Waals surface area (Å²) in [6.07, 6.45) is 2.86. The van der Waals surface area contributed by atoms with Crippen molar-refractivity contribution < 1.29 is 18.9 Å². The Hall–Kier alpha value is -0.240. The van der Waals surface area contributed by atoms with Gasteiger partial charge in [0.25, 0.3) is 0 Å². The molecule has 0 radical (unpaired) electrons. The molecule has 5 atom stereocenters. The van der Waals surface area contributed by atoms with Crippen molar-refractivity contribution in [3.63, 3.8) is 0 Å². The van der Waals surface area contributed by atoms with Gasteiger partial charge >= 0.3 is 0 Å². The largest absolute Gasteiger partial charge is 0.380 e. The van der Waals surface area contributed by atoms with Crippen LogP contribution in [0.25, 0.3) is 0 Å². The first kappa shape index (κ1) is 22.1. The molecule has 0 aromatic heterocycles. The molecule has 2 aliphatic heterocycles. The topological polar surface area (TPSA) is 43.4 Å². The van der Waals surface area contributed by atoms with Gasteiger partial charge in [0.2, 0.25) is 0 Å². The predicted octanol–water partition coefficient (Wildman–Crippen LogP) is 1.87. The molecule has 0 amide bonds. The average Bonchev–Trinajstić information content (AvgIpc) is 3.15. The summed E-state index contributed by atoms with van der Waals surface area (Å²) in [5.41, 5.74) is -0.0238. The summed E-state index contributed by atoms with van der Waals surface area (Å²) >= 11 is 0. The third-order valence-electron chi connectivity index (χ3n) is 5.89. The van der Waals surface area contributed by atoms with Crippen molar-refractivity contribution in [3.8, 4) is 0 Å². The van der Waals surface area contributed by atoms with Crippen molar-refractivity contribution in [3.05, 3.63) is 0 Å². The van der Waals surface area contributed by atoms with E-state index in [0.717, 1.165) is 39.1 Å². The first-order valence-electron chi connectivity index (χ1n) is 9.99. The quantitative estimate of drug-likeness (QED) is 0.583. The number of hydrogen-bond donors (Lipinski definition) is 0. The lowest BCUT2D eigenvalue weighted by Crippen LogP contribution is -2.49. The van der Waals surface area contributed by atoms with E-state index in [1.54, 1.807) is 7.11 Å². The molecular formula is C20H40N2O4. The van der Waals surface area contributed by atoms with Crippen molar-refractivity contribution in [1.82, 2.24) is 9.80 Å². The van der Waals surface area contributed by atoms with Gasteiger partial charge in [-0.15, -0.1) is 0 Å². The Morgan fingerprint density at radius 2 is 1.92 bits per heavy atom. The van der Waals surface area contributed by atoms with Crippen LogP contribution >= 0.6 is 0 Å². The molecule has 26 heavy (non-hydrogen) atoms. The molecule has 2 rings (SSSR count). The van der Waals surface area contributed by atoms with Crippen LogP contribution in [0.4, 0.5) is 0 Å². The number of rotatable bonds is 10. The summed E-state index contributed by atoms with van der Waals surface area (Å²) in [4.78, 5) is 4.57. The number of nitrogens with zero attached hydrogens (tertiary/aromatic N) is 2. The first-order chi connectivity index (χ1) is 12.3. The van der Waals surface area contributed by atoms with Gasteiger partial charge in [-0.3, -0.25) is 4.90 Å². The first-order valence-corrected chi connectivity index (χ1v) is 9.99. The van der Waals surface area contributed by atoms with E-state index in [0.29, 0.717) is 12.5 Å². The van der Waals surface area contributed by atoms with Gasteiger partial charge in [0.05, 0.1) is 49.8 Å². The molecule has 0 bridgehead atoms. The van der Waals surface area contributed by atoms with Gasteiger partial charge in [0.1, 0.15) is 0 Å². The molecule has 0 aromatic carbocycles. The SMILES string of the molecule is COC1CN(C)CC1COC(C)CC1CC(COC(C)C)(N(C)C)CO1. The fraction of sp³-hybridized carbons (Fsp3) is 1.00. The van der Waals surface area contributed by atoms with Crippen LogP contribution in [-0.4, -0.2) is 101 Å². The maximum Gasteiger partial charge on any atom is 0.0760 e. The van der Waals surface area contributed by atoms with Crippen molar-refractivity contribution >= 4 is 0 Å². The number of likely N-dealkylation sites (tertiary alicyclic amines) is 1. The molecule has 0 spiro atoms. The van der Waals surface area contributed by atoms with E-state index < -0.39 is 0 Å². The van der Waals surface area contributed by atoms with Crippen molar-refractivity contribution in [2.75, 3.05) is 61.2 Å². The number of ether oxygens (including phenoxy) is 4. The lowest BCUT2D eigenvalue weighted by atomic mass is 9.93. The van der Waals surface area contributed by atoms with Gasteiger partial charge in [0.15, 0.2) is 0 Å². The Morgan fingerprint density at radius 3 is 2.54 bits per heavy atom. The molecule has 0 aliphatic carbocycles. The second-order valence-corrected chi connectivity index (χ2v) is 8.75. The highest BCUT2D eigenvalue weighted by atomic mass is 16.5. The van der Waals surface area contributed by atoms with E-state index in [9.17, 15) is 0 Å². The van der Waals surface area contributed by atoms with Gasteiger partial charge in [-0.2, -0.15) is 0 Å². The Bertz CT molecular complexity index is 421. The van der Waals surface area contributed by atoms with Crippen LogP contribution in [0.5, 0.6) is 0 Å². The smallest absolute Gasteiger partial charge is 0.0760 e. The molecular weight excluding hydrogens is 332 g/mol. The van der Waals surface area contributed by atoms with Crippen LogP contribution in [0.15, 0.2) is 0 Å². The fourth-order valence-corrected chi connectivity index (χ4v) is 4.03. The van der Waals surface area contributed by atoms with E-state index in [4.69, 9.17) is 18.9 Å². The van der Waals surface area contributed by atoms with Gasteiger partial charge in [-0.1, -0.05) is 0 Å². The zero-order chi connectivity index (χ0) is 19.3. The highest BCUT2D eigenvalue weighted by Crippen LogP contribution is 2.32. The minimum absolute atomic E-state index is 0.0238. The van der Waals surface area contributed by atoms with Crippen molar-refractivity contribution in [2.24, 2.45) is 5.92 Å². The van der Waals surface area contributed by atoms with E-state index in [1.165, 1.54) is 0 Å². The summed E-state index contributed by atoms with van der Waals surface area (Å²) in [5, 5.41) is 0. The van der Waals surface area contributed by atoms with Crippen LogP contribution in [-0.2, 0) is 18.9 Å². The van der Waals surface area contributed by atoms with Gasteiger partial charge in [0, 0.05) is 26.1 Å². The molecule has 154 valence electrons. The minimum atomic E-state index is -0.0238. The minimum Gasteiger partial charge on any atom is -0.380 e. The van der Waals surface area contributed by atoms with Gasteiger partial charge in [-0.25, -0.2) is 0 Å². The zero-order valence-electron chi connectivity index (χ0n) is 17.9. The van der Waals surface area contributed by atoms with Gasteiger partial charge < -0.3 is 23.8 Å². The van der Waals surface area contributed by atoms with Crippen molar-refractivity contribution in [2.45, 2.75) is 63.6 Å². The molecule has 2 saturated heterocycles. The van der Waals surface area contributed by atoms with E-state index in [-0.39, 0.29) is 30.0 Å². The molecule has 6 heteroatoms. The van der Waals surface area contributed by atoms with E-state index in [2.05, 4.69) is 51.7 Å². The summed E-state index contributed by atoms with van der Waals surface area (Å²) < 4.78 is 23.8. The molecule has 0 N–H and O–H groups in total. The lowest BCUT2D eigenvalue weighted by Gasteiger charge is -2.35. The molecule has 2 fully saturated rings. The Labute approximate surface area is 160 Å². The lowest BCUT2D eigenvalue weighted by molar-refractivity contribution is -0.0267. The highest BCUT2D eigenvalue weighted by Gasteiger charge is 2.43. The van der Waals surface area contributed by atoms with Crippen LogP contribution < -0.4 is 0 Å². The summed E-state index contributed by atoms with van der Waals surface area (Å²) in [6.45, 7) is 10.6. The van der Waals surface area contributed by atoms with Crippen LogP contribution in [0.3, 0.4) is 0 Å². The maximum atomic E-state index is 6.16. The molecule has 5 unspecified atom stereocenters. The second-order valence-electron chi connectivity index (χ2n) is 8.75. The fourth-order valence-electron chi connectivity index (χ4n) is 4.03. The Kier molecular flexibility index (Phi) is 8.32. The van der Waals surface area contributed by atoms with Crippen LogP contribution in [0.2, 0.25) is 0 Å². The number of methoxy groups -OCH3 is 1. The van der Waals surface area contributed by atoms with Crippen LogP contribution in [0.1, 0.15) is 33.6 Å². The van der Waals surface area contributed by atoms with Gasteiger partial charge in [-0.05, 0) is 54.8 Å². The third kappa shape index (κ3) is 5.88. The third-order valence-corrected chi connectivity index (χ3v) is 5.89. The Balaban J connectivity index is 1.78. The molecule has 2 aliphatic rings.